The summed E-state index contributed by atoms with van der Waals surface area (Å²) in [5.41, 5.74) is 0.829. The van der Waals surface area contributed by atoms with Gasteiger partial charge < -0.3 is 5.11 Å². The molecule has 0 aliphatic carbocycles. The van der Waals surface area contributed by atoms with E-state index >= 15 is 0 Å². The first-order valence-electron chi connectivity index (χ1n) is 4.26. The Morgan fingerprint density at radius 2 is 2.36 bits per heavy atom. The normalized spacial score (nSPS) is 13.1. The topological polar surface area (TPSA) is 79.6 Å². The van der Waals surface area contributed by atoms with E-state index < -0.39 is 6.10 Å². The number of aromatic nitrogens is 5. The number of rotatable bonds is 2. The monoisotopic (exact) mass is 193 g/mol. The number of nitrogens with zero attached hydrogens (tertiary/aromatic N) is 4. The van der Waals surface area contributed by atoms with Crippen LogP contribution in [0.15, 0.2) is 12.4 Å². The fourth-order valence-corrected chi connectivity index (χ4v) is 1.13. The first-order valence-corrected chi connectivity index (χ1v) is 4.26. The van der Waals surface area contributed by atoms with E-state index in [2.05, 4.69) is 20.3 Å². The van der Waals surface area contributed by atoms with Crippen molar-refractivity contribution in [3.63, 3.8) is 0 Å². The molecule has 0 fully saturated rings. The lowest BCUT2D eigenvalue weighted by Gasteiger charge is -1.94. The molecule has 0 aliphatic heterocycles. The Hall–Kier alpha value is -1.69. The van der Waals surface area contributed by atoms with E-state index in [9.17, 15) is 5.11 Å². The molecule has 0 aliphatic rings. The maximum atomic E-state index is 9.23. The number of nitrogens with one attached hydrogen (secondary N) is 1. The molecule has 2 aromatic heterocycles. The number of aliphatic hydroxyl groups excluding tert-OH is 1. The molecule has 14 heavy (non-hydrogen) atoms. The van der Waals surface area contributed by atoms with Crippen molar-refractivity contribution in [3.8, 4) is 11.4 Å². The van der Waals surface area contributed by atoms with Crippen LogP contribution in [0.2, 0.25) is 0 Å². The van der Waals surface area contributed by atoms with E-state index in [1.54, 1.807) is 17.8 Å². The lowest BCUT2D eigenvalue weighted by Crippen LogP contribution is -1.93. The Kier molecular flexibility index (Phi) is 2.05. The highest BCUT2D eigenvalue weighted by atomic mass is 16.3. The quantitative estimate of drug-likeness (QED) is 0.716. The third-order valence-electron chi connectivity index (χ3n) is 1.86. The van der Waals surface area contributed by atoms with Crippen LogP contribution in [0, 0.1) is 0 Å². The van der Waals surface area contributed by atoms with Crippen molar-refractivity contribution in [2.75, 3.05) is 0 Å². The molecule has 6 nitrogen and oxygen atoms in total. The minimum atomic E-state index is -0.632. The second-order valence-corrected chi connectivity index (χ2v) is 3.12. The molecule has 2 rings (SSSR count). The van der Waals surface area contributed by atoms with Gasteiger partial charge >= 0.3 is 0 Å². The second kappa shape index (κ2) is 3.22. The number of aromatic amines is 1. The maximum absolute atomic E-state index is 9.23. The highest BCUT2D eigenvalue weighted by Crippen LogP contribution is 2.14. The molecule has 2 heterocycles. The molecule has 74 valence electrons. The summed E-state index contributed by atoms with van der Waals surface area (Å²) in [5.74, 6) is 1.01. The molecule has 0 bridgehead atoms. The summed E-state index contributed by atoms with van der Waals surface area (Å²) in [5, 5.41) is 19.9. The summed E-state index contributed by atoms with van der Waals surface area (Å²) in [6.07, 6.45) is 2.86. The summed E-state index contributed by atoms with van der Waals surface area (Å²) in [4.78, 5) is 4.12. The van der Waals surface area contributed by atoms with Gasteiger partial charge in [-0.15, -0.1) is 0 Å². The molecular weight excluding hydrogens is 182 g/mol. The Balaban J connectivity index is 2.33. The van der Waals surface area contributed by atoms with Crippen molar-refractivity contribution in [2.24, 2.45) is 7.05 Å². The molecule has 2 aromatic rings. The lowest BCUT2D eigenvalue weighted by atomic mass is 10.3. The zero-order valence-electron chi connectivity index (χ0n) is 7.97. The van der Waals surface area contributed by atoms with Crippen LogP contribution in [0.5, 0.6) is 0 Å². The third kappa shape index (κ3) is 1.51. The predicted octanol–water partition coefficient (Wildman–Crippen LogP) is 0.258. The van der Waals surface area contributed by atoms with E-state index in [1.807, 2.05) is 13.2 Å². The molecule has 6 heteroatoms. The van der Waals surface area contributed by atoms with Crippen molar-refractivity contribution in [3.05, 3.63) is 18.2 Å². The van der Waals surface area contributed by atoms with Gasteiger partial charge in [0.15, 0.2) is 11.6 Å². The minimum Gasteiger partial charge on any atom is -0.385 e. The first-order chi connectivity index (χ1) is 6.66. The fourth-order valence-electron chi connectivity index (χ4n) is 1.13. The largest absolute Gasteiger partial charge is 0.385 e. The van der Waals surface area contributed by atoms with Crippen LogP contribution in [-0.2, 0) is 7.05 Å². The van der Waals surface area contributed by atoms with E-state index in [0.717, 1.165) is 5.56 Å². The molecule has 0 spiro atoms. The Bertz CT molecular complexity index is 430. The number of hydrogen-bond acceptors (Lipinski definition) is 4. The van der Waals surface area contributed by atoms with Crippen molar-refractivity contribution in [1.82, 2.24) is 25.0 Å². The predicted molar refractivity (Wildman–Crippen MR) is 49.2 cm³/mol. The van der Waals surface area contributed by atoms with Gasteiger partial charge in [0.1, 0.15) is 6.10 Å². The average molecular weight is 193 g/mol. The van der Waals surface area contributed by atoms with Gasteiger partial charge in [-0.1, -0.05) is 0 Å². The number of hydrogen-bond donors (Lipinski definition) is 2. The Labute approximate surface area is 80.6 Å². The van der Waals surface area contributed by atoms with E-state index in [4.69, 9.17) is 0 Å². The van der Waals surface area contributed by atoms with Crippen LogP contribution in [0.1, 0.15) is 18.9 Å². The van der Waals surface area contributed by atoms with Gasteiger partial charge in [-0.05, 0) is 6.92 Å². The summed E-state index contributed by atoms with van der Waals surface area (Å²) in [6, 6.07) is 0. The SMILES string of the molecule is CC(O)c1nc(-c2cnn(C)c2)n[nH]1. The molecular formula is C8H11N5O. The maximum Gasteiger partial charge on any atom is 0.184 e. The molecule has 2 N–H and O–H groups in total. The van der Waals surface area contributed by atoms with Gasteiger partial charge in [-0.25, -0.2) is 4.98 Å². The molecule has 0 saturated heterocycles. The van der Waals surface area contributed by atoms with E-state index in [-0.39, 0.29) is 0 Å². The minimum absolute atomic E-state index is 0.462. The summed E-state index contributed by atoms with van der Waals surface area (Å²) in [7, 11) is 1.83. The van der Waals surface area contributed by atoms with Crippen LogP contribution in [0.25, 0.3) is 11.4 Å². The average Bonchev–Trinajstić information content (AvgIpc) is 2.70. The molecule has 0 aromatic carbocycles. The van der Waals surface area contributed by atoms with Crippen LogP contribution in [0.3, 0.4) is 0 Å². The lowest BCUT2D eigenvalue weighted by molar-refractivity contribution is 0.189. The standard InChI is InChI=1S/C8H11N5O/c1-5(14)7-10-8(12-11-7)6-3-9-13(2)4-6/h3-5,14H,1-2H3,(H,10,11,12). The van der Waals surface area contributed by atoms with Gasteiger partial charge in [0.2, 0.25) is 0 Å². The van der Waals surface area contributed by atoms with Gasteiger partial charge in [-0.2, -0.15) is 10.2 Å². The van der Waals surface area contributed by atoms with Crippen LogP contribution in [-0.4, -0.2) is 30.1 Å². The zero-order chi connectivity index (χ0) is 10.1. The van der Waals surface area contributed by atoms with Crippen LogP contribution < -0.4 is 0 Å². The van der Waals surface area contributed by atoms with E-state index in [1.165, 1.54) is 0 Å². The molecule has 1 unspecified atom stereocenters. The van der Waals surface area contributed by atoms with Gasteiger partial charge in [0.25, 0.3) is 0 Å². The summed E-state index contributed by atoms with van der Waals surface area (Å²) >= 11 is 0. The second-order valence-electron chi connectivity index (χ2n) is 3.12. The zero-order valence-corrected chi connectivity index (χ0v) is 7.97. The fraction of sp³-hybridized carbons (Fsp3) is 0.375. The highest BCUT2D eigenvalue weighted by molar-refractivity contribution is 5.51. The molecule has 1 atom stereocenters. The summed E-state index contributed by atoms with van der Waals surface area (Å²) < 4.78 is 1.67. The van der Waals surface area contributed by atoms with Crippen molar-refractivity contribution >= 4 is 0 Å². The van der Waals surface area contributed by atoms with Gasteiger partial charge in [-0.3, -0.25) is 9.78 Å². The summed E-state index contributed by atoms with van der Waals surface area (Å²) in [6.45, 7) is 1.63. The van der Waals surface area contributed by atoms with Gasteiger partial charge in [0.05, 0.1) is 11.8 Å². The van der Waals surface area contributed by atoms with Crippen molar-refractivity contribution in [2.45, 2.75) is 13.0 Å². The number of H-pyrrole nitrogens is 1. The van der Waals surface area contributed by atoms with E-state index in [0.29, 0.717) is 11.6 Å². The van der Waals surface area contributed by atoms with Gasteiger partial charge in [0, 0.05) is 13.2 Å². The van der Waals surface area contributed by atoms with Crippen LogP contribution in [0.4, 0.5) is 0 Å². The molecule has 0 amide bonds. The van der Waals surface area contributed by atoms with Crippen molar-refractivity contribution in [1.29, 1.82) is 0 Å². The van der Waals surface area contributed by atoms with Crippen LogP contribution >= 0.6 is 0 Å². The highest BCUT2D eigenvalue weighted by Gasteiger charge is 2.10. The Morgan fingerprint density at radius 1 is 1.57 bits per heavy atom. The number of aryl methyl sites for hydroxylation is 1. The smallest absolute Gasteiger partial charge is 0.184 e. The number of aliphatic hydroxyl groups is 1. The third-order valence-corrected chi connectivity index (χ3v) is 1.86. The Morgan fingerprint density at radius 3 is 2.86 bits per heavy atom. The van der Waals surface area contributed by atoms with Crippen molar-refractivity contribution < 1.29 is 5.11 Å². The first kappa shape index (κ1) is 8.89. The molecule has 0 radical (unpaired) electrons. The molecule has 0 saturated carbocycles.